The fourth-order valence-electron chi connectivity index (χ4n) is 1.16. The Kier molecular flexibility index (Phi) is 2.26. The van der Waals surface area contributed by atoms with Gasteiger partial charge in [0.1, 0.15) is 0 Å². The molecular formula is C8H6ClN3OS. The number of aromatic amines is 2. The Morgan fingerprint density at radius 2 is 2.14 bits per heavy atom. The molecule has 0 atom stereocenters. The summed E-state index contributed by atoms with van der Waals surface area (Å²) in [6.07, 6.45) is 0. The maximum Gasteiger partial charge on any atom is 0.347 e. The Morgan fingerprint density at radius 3 is 2.71 bits per heavy atom. The second-order valence-corrected chi connectivity index (χ2v) is 3.50. The van der Waals surface area contributed by atoms with Crippen molar-refractivity contribution in [1.82, 2.24) is 14.8 Å². The molecule has 2 aromatic rings. The molecule has 0 saturated carbocycles. The zero-order valence-electron chi connectivity index (χ0n) is 6.95. The summed E-state index contributed by atoms with van der Waals surface area (Å²) >= 11 is 10.7. The molecule has 1 heterocycles. The number of halogens is 1. The van der Waals surface area contributed by atoms with Gasteiger partial charge in [-0.2, -0.15) is 0 Å². The van der Waals surface area contributed by atoms with E-state index in [1.807, 2.05) is 0 Å². The standard InChI is InChI=1S/C8H6ClN3OS/c9-5-2-1-3-6(4-5)12-7(13)10-11-8(12)14/h1-4H,(H,10,13)(H,11,14). The average Bonchev–Trinajstić information content (AvgIpc) is 2.46. The molecule has 0 radical (unpaired) electrons. The number of benzene rings is 1. The molecule has 1 aromatic carbocycles. The van der Waals surface area contributed by atoms with Crippen molar-refractivity contribution in [2.75, 3.05) is 0 Å². The summed E-state index contributed by atoms with van der Waals surface area (Å²) in [5.41, 5.74) is 0.335. The third-order valence-corrected chi connectivity index (χ3v) is 2.27. The van der Waals surface area contributed by atoms with Crippen LogP contribution < -0.4 is 5.69 Å². The first-order valence-corrected chi connectivity index (χ1v) is 4.63. The van der Waals surface area contributed by atoms with Gasteiger partial charge in [-0.15, -0.1) is 0 Å². The number of nitrogens with one attached hydrogen (secondary N) is 2. The summed E-state index contributed by atoms with van der Waals surface area (Å²) in [5.74, 6) is 0. The molecule has 0 bridgehead atoms. The molecule has 4 nitrogen and oxygen atoms in total. The lowest BCUT2D eigenvalue weighted by atomic mass is 10.3. The maximum absolute atomic E-state index is 11.3. The van der Waals surface area contributed by atoms with Crippen LogP contribution in [0.15, 0.2) is 29.1 Å². The van der Waals surface area contributed by atoms with E-state index in [0.717, 1.165) is 0 Å². The number of H-pyrrole nitrogens is 2. The second-order valence-electron chi connectivity index (χ2n) is 2.68. The molecule has 0 aliphatic rings. The normalized spacial score (nSPS) is 10.4. The van der Waals surface area contributed by atoms with Gasteiger partial charge in [0.25, 0.3) is 0 Å². The van der Waals surface area contributed by atoms with E-state index in [-0.39, 0.29) is 5.69 Å². The zero-order valence-corrected chi connectivity index (χ0v) is 8.52. The highest BCUT2D eigenvalue weighted by atomic mass is 35.5. The largest absolute Gasteiger partial charge is 0.347 e. The van der Waals surface area contributed by atoms with Gasteiger partial charge in [0.2, 0.25) is 4.77 Å². The molecule has 0 aliphatic carbocycles. The highest BCUT2D eigenvalue weighted by molar-refractivity contribution is 7.71. The van der Waals surface area contributed by atoms with Gasteiger partial charge in [-0.05, 0) is 30.4 Å². The van der Waals surface area contributed by atoms with Gasteiger partial charge in [0.05, 0.1) is 5.69 Å². The SMILES string of the molecule is O=c1[nH][nH]c(=S)n1-c1cccc(Cl)c1. The lowest BCUT2D eigenvalue weighted by Crippen LogP contribution is -2.14. The predicted molar refractivity (Wildman–Crippen MR) is 56.6 cm³/mol. The van der Waals surface area contributed by atoms with Crippen molar-refractivity contribution in [1.29, 1.82) is 0 Å². The molecule has 0 saturated heterocycles. The molecular weight excluding hydrogens is 222 g/mol. The Bertz CT molecular complexity index is 541. The minimum absolute atomic E-state index is 0.308. The molecule has 2 N–H and O–H groups in total. The van der Waals surface area contributed by atoms with Crippen molar-refractivity contribution in [2.24, 2.45) is 0 Å². The average molecular weight is 228 g/mol. The van der Waals surface area contributed by atoms with Crippen molar-refractivity contribution < 1.29 is 0 Å². The molecule has 6 heteroatoms. The van der Waals surface area contributed by atoms with E-state index in [1.165, 1.54) is 4.57 Å². The van der Waals surface area contributed by atoms with E-state index in [9.17, 15) is 4.79 Å². The Balaban J connectivity index is 2.72. The van der Waals surface area contributed by atoms with E-state index in [2.05, 4.69) is 10.2 Å². The van der Waals surface area contributed by atoms with E-state index in [4.69, 9.17) is 23.8 Å². The molecule has 0 unspecified atom stereocenters. The van der Waals surface area contributed by atoms with Crippen LogP contribution in [0.5, 0.6) is 0 Å². The van der Waals surface area contributed by atoms with E-state index >= 15 is 0 Å². The zero-order chi connectivity index (χ0) is 10.1. The molecule has 0 spiro atoms. The van der Waals surface area contributed by atoms with Crippen LogP contribution in [0.1, 0.15) is 0 Å². The molecule has 1 aromatic heterocycles. The van der Waals surface area contributed by atoms with Crippen molar-refractivity contribution >= 4 is 23.8 Å². The first kappa shape index (κ1) is 9.23. The fraction of sp³-hybridized carbons (Fsp3) is 0. The monoisotopic (exact) mass is 227 g/mol. The number of rotatable bonds is 1. The van der Waals surface area contributed by atoms with Crippen molar-refractivity contribution in [3.8, 4) is 5.69 Å². The lowest BCUT2D eigenvalue weighted by molar-refractivity contribution is 0.975. The van der Waals surface area contributed by atoms with Gasteiger partial charge in [0, 0.05) is 5.02 Å². The number of aromatic nitrogens is 3. The quantitative estimate of drug-likeness (QED) is 0.731. The summed E-state index contributed by atoms with van der Waals surface area (Å²) in [7, 11) is 0. The molecule has 0 fully saturated rings. The van der Waals surface area contributed by atoms with Crippen molar-refractivity contribution in [3.63, 3.8) is 0 Å². The van der Waals surface area contributed by atoms with Crippen LogP contribution in [0.3, 0.4) is 0 Å². The summed E-state index contributed by atoms with van der Waals surface area (Å²) < 4.78 is 1.65. The van der Waals surface area contributed by atoms with E-state index in [1.54, 1.807) is 24.3 Å². The first-order chi connectivity index (χ1) is 6.68. The van der Waals surface area contributed by atoms with Crippen LogP contribution in [0.2, 0.25) is 5.02 Å². The third-order valence-electron chi connectivity index (χ3n) is 1.75. The highest BCUT2D eigenvalue weighted by Gasteiger charge is 2.02. The van der Waals surface area contributed by atoms with Crippen molar-refractivity contribution in [3.05, 3.63) is 44.5 Å². The topological polar surface area (TPSA) is 53.6 Å². The minimum Gasteiger partial charge on any atom is -0.272 e. The highest BCUT2D eigenvalue weighted by Crippen LogP contribution is 2.12. The molecule has 72 valence electrons. The minimum atomic E-state index is -0.308. The Hall–Kier alpha value is -1.33. The summed E-state index contributed by atoms with van der Waals surface area (Å²) in [4.78, 5) is 11.3. The predicted octanol–water partition coefficient (Wildman–Crippen LogP) is 1.88. The number of hydrogen-bond acceptors (Lipinski definition) is 2. The Labute approximate surface area is 89.1 Å². The van der Waals surface area contributed by atoms with Crippen LogP contribution in [-0.2, 0) is 0 Å². The first-order valence-electron chi connectivity index (χ1n) is 3.84. The molecule has 0 amide bonds. The smallest absolute Gasteiger partial charge is 0.272 e. The fourth-order valence-corrected chi connectivity index (χ4v) is 1.58. The van der Waals surface area contributed by atoms with Crippen LogP contribution in [-0.4, -0.2) is 14.8 Å². The van der Waals surface area contributed by atoms with Gasteiger partial charge in [-0.25, -0.2) is 14.5 Å². The van der Waals surface area contributed by atoms with E-state index in [0.29, 0.717) is 15.5 Å². The third kappa shape index (κ3) is 1.51. The number of hydrogen-bond donors (Lipinski definition) is 2. The van der Waals surface area contributed by atoms with Gasteiger partial charge in [-0.1, -0.05) is 17.7 Å². The molecule has 14 heavy (non-hydrogen) atoms. The van der Waals surface area contributed by atoms with Gasteiger partial charge in [0.15, 0.2) is 0 Å². The van der Waals surface area contributed by atoms with Crippen molar-refractivity contribution in [2.45, 2.75) is 0 Å². The number of nitrogens with zero attached hydrogens (tertiary/aromatic N) is 1. The second kappa shape index (κ2) is 3.43. The lowest BCUT2D eigenvalue weighted by Gasteiger charge is -1.99. The van der Waals surface area contributed by atoms with Crippen LogP contribution in [0.25, 0.3) is 5.69 Å². The van der Waals surface area contributed by atoms with Gasteiger partial charge < -0.3 is 0 Å². The van der Waals surface area contributed by atoms with Crippen LogP contribution >= 0.6 is 23.8 Å². The molecule has 2 rings (SSSR count). The maximum atomic E-state index is 11.3. The molecule has 0 aliphatic heterocycles. The van der Waals surface area contributed by atoms with E-state index < -0.39 is 0 Å². The summed E-state index contributed by atoms with van der Waals surface area (Å²) in [5, 5.41) is 5.50. The van der Waals surface area contributed by atoms with Crippen LogP contribution in [0.4, 0.5) is 0 Å². The Morgan fingerprint density at radius 1 is 1.36 bits per heavy atom. The van der Waals surface area contributed by atoms with Gasteiger partial charge >= 0.3 is 5.69 Å². The van der Waals surface area contributed by atoms with Gasteiger partial charge in [-0.3, -0.25) is 5.10 Å². The van der Waals surface area contributed by atoms with Crippen LogP contribution in [0, 0.1) is 4.77 Å². The summed E-state index contributed by atoms with van der Waals surface area (Å²) in [6.45, 7) is 0. The summed E-state index contributed by atoms with van der Waals surface area (Å²) in [6, 6.07) is 6.91.